The van der Waals surface area contributed by atoms with E-state index in [1.165, 1.54) is 12.2 Å². The molecule has 1 rings (SSSR count). The van der Waals surface area contributed by atoms with E-state index in [0.29, 0.717) is 0 Å². The van der Waals surface area contributed by atoms with Gasteiger partial charge in [0, 0.05) is 20.8 Å². The van der Waals surface area contributed by atoms with E-state index in [0.717, 1.165) is 12.7 Å². The second-order valence-electron chi connectivity index (χ2n) is 5.99. The van der Waals surface area contributed by atoms with Crippen LogP contribution >= 0.6 is 7.92 Å². The molecule has 0 amide bonds. The summed E-state index contributed by atoms with van der Waals surface area (Å²) >= 11 is 0. The molecular weight excluding hydrogens is 356 g/mol. The lowest BCUT2D eigenvalue weighted by molar-refractivity contribution is -0.135. The highest BCUT2D eigenvalue weighted by molar-refractivity contribution is 7.59. The molecule has 0 N–H and O–H groups in total. The van der Waals surface area contributed by atoms with Crippen LogP contribution in [0.4, 0.5) is 30.7 Å². The topological polar surface area (TPSA) is 0 Å². The SMILES string of the molecule is CP(C1(F)C=CC=CC1)C(F)(F)C(F)CCCCCCC(F)(F)F. The standard InChI is InChI=1S/C16H22F7P/c1-24(14(18)10-6-4-7-11-14)16(22,23)13(17)9-5-2-3-8-12-15(19,20)21/h4,6-7,10,13H,2-3,5,8-9,11-12H2,1H3. The van der Waals surface area contributed by atoms with E-state index < -0.39 is 44.2 Å². The van der Waals surface area contributed by atoms with Gasteiger partial charge in [0.1, 0.15) is 0 Å². The van der Waals surface area contributed by atoms with Gasteiger partial charge in [-0.15, -0.1) is 0 Å². The Morgan fingerprint density at radius 3 is 2.21 bits per heavy atom. The summed E-state index contributed by atoms with van der Waals surface area (Å²) in [6.07, 6.45) is -2.52. The molecule has 8 heteroatoms. The van der Waals surface area contributed by atoms with Crippen molar-refractivity contribution in [3.63, 3.8) is 0 Å². The van der Waals surface area contributed by atoms with Crippen LogP contribution in [-0.2, 0) is 0 Å². The molecule has 0 heterocycles. The molecule has 0 fully saturated rings. The number of unbranched alkanes of at least 4 members (excludes halogenated alkanes) is 3. The van der Waals surface area contributed by atoms with E-state index in [-0.39, 0.29) is 32.1 Å². The maximum absolute atomic E-state index is 14.6. The van der Waals surface area contributed by atoms with Crippen molar-refractivity contribution in [2.24, 2.45) is 0 Å². The molecule has 3 unspecified atom stereocenters. The Balaban J connectivity index is 2.40. The van der Waals surface area contributed by atoms with Gasteiger partial charge in [0.2, 0.25) is 0 Å². The van der Waals surface area contributed by atoms with Crippen molar-refractivity contribution in [3.05, 3.63) is 24.3 Å². The summed E-state index contributed by atoms with van der Waals surface area (Å²) in [5, 5.41) is -2.23. The van der Waals surface area contributed by atoms with Crippen molar-refractivity contribution in [2.75, 3.05) is 6.66 Å². The van der Waals surface area contributed by atoms with Gasteiger partial charge in [-0.25, -0.2) is 8.78 Å². The van der Waals surface area contributed by atoms with Gasteiger partial charge in [0.15, 0.2) is 11.6 Å². The molecule has 0 aliphatic heterocycles. The Morgan fingerprint density at radius 1 is 1.04 bits per heavy atom. The third-order valence-corrected chi connectivity index (χ3v) is 6.67. The molecule has 3 atom stereocenters. The molecule has 0 saturated carbocycles. The summed E-state index contributed by atoms with van der Waals surface area (Å²) in [5.74, 6) is 0. The van der Waals surface area contributed by atoms with Crippen LogP contribution in [0.3, 0.4) is 0 Å². The van der Waals surface area contributed by atoms with Gasteiger partial charge < -0.3 is 0 Å². The molecule has 0 aromatic heterocycles. The first-order valence-electron chi connectivity index (χ1n) is 7.85. The fourth-order valence-corrected chi connectivity index (χ4v) is 4.20. The molecule has 0 bridgehead atoms. The smallest absolute Gasteiger partial charge is 0.240 e. The van der Waals surface area contributed by atoms with Crippen LogP contribution in [0.5, 0.6) is 0 Å². The lowest BCUT2D eigenvalue weighted by Gasteiger charge is -2.36. The number of allylic oxidation sites excluding steroid dienone is 4. The van der Waals surface area contributed by atoms with Crippen molar-refractivity contribution < 1.29 is 30.7 Å². The lowest BCUT2D eigenvalue weighted by atomic mass is 10.1. The molecule has 1 aliphatic carbocycles. The summed E-state index contributed by atoms with van der Waals surface area (Å²) in [7, 11) is -2.57. The molecule has 140 valence electrons. The Labute approximate surface area is 138 Å². The average molecular weight is 378 g/mol. The van der Waals surface area contributed by atoms with Crippen LogP contribution in [-0.4, -0.2) is 30.1 Å². The van der Waals surface area contributed by atoms with Gasteiger partial charge in [0.05, 0.1) is 0 Å². The zero-order valence-electron chi connectivity index (χ0n) is 13.4. The maximum atomic E-state index is 14.6. The second-order valence-corrected chi connectivity index (χ2v) is 8.45. The predicted molar refractivity (Wildman–Crippen MR) is 83.2 cm³/mol. The third kappa shape index (κ3) is 6.38. The van der Waals surface area contributed by atoms with Crippen molar-refractivity contribution >= 4 is 7.92 Å². The first-order valence-corrected chi connectivity index (χ1v) is 9.64. The van der Waals surface area contributed by atoms with Crippen LogP contribution in [0.1, 0.15) is 44.9 Å². The van der Waals surface area contributed by atoms with Crippen LogP contribution in [0.2, 0.25) is 0 Å². The summed E-state index contributed by atoms with van der Waals surface area (Å²) < 4.78 is 92.7. The van der Waals surface area contributed by atoms with Crippen molar-refractivity contribution in [1.29, 1.82) is 0 Å². The summed E-state index contributed by atoms with van der Waals surface area (Å²) in [4.78, 5) is 0. The molecule has 0 spiro atoms. The lowest BCUT2D eigenvalue weighted by Crippen LogP contribution is -2.35. The molecule has 0 aromatic carbocycles. The van der Waals surface area contributed by atoms with Gasteiger partial charge in [0.25, 0.3) is 5.66 Å². The van der Waals surface area contributed by atoms with E-state index in [2.05, 4.69) is 0 Å². The number of hydrogen-bond donors (Lipinski definition) is 0. The summed E-state index contributed by atoms with van der Waals surface area (Å²) in [5.41, 5.74) is -3.77. The van der Waals surface area contributed by atoms with Crippen LogP contribution in [0, 0.1) is 0 Å². The summed E-state index contributed by atoms with van der Waals surface area (Å²) in [6, 6.07) is 0. The zero-order chi connectivity index (χ0) is 18.4. The maximum Gasteiger partial charge on any atom is 0.389 e. The monoisotopic (exact) mass is 378 g/mol. The molecule has 0 aromatic rings. The summed E-state index contributed by atoms with van der Waals surface area (Å²) in [6.45, 7) is 1.05. The molecule has 0 nitrogen and oxygen atoms in total. The van der Waals surface area contributed by atoms with E-state index in [1.807, 2.05) is 0 Å². The fourth-order valence-electron chi connectivity index (χ4n) is 2.47. The average Bonchev–Trinajstić information content (AvgIpc) is 2.49. The number of alkyl halides is 7. The Morgan fingerprint density at radius 2 is 1.67 bits per heavy atom. The van der Waals surface area contributed by atoms with Gasteiger partial charge in [-0.2, -0.15) is 22.0 Å². The van der Waals surface area contributed by atoms with Crippen LogP contribution in [0.25, 0.3) is 0 Å². The van der Waals surface area contributed by atoms with Crippen molar-refractivity contribution in [1.82, 2.24) is 0 Å². The quantitative estimate of drug-likeness (QED) is 0.228. The van der Waals surface area contributed by atoms with E-state index in [9.17, 15) is 30.7 Å². The molecule has 24 heavy (non-hydrogen) atoms. The minimum absolute atomic E-state index is 0.0623. The van der Waals surface area contributed by atoms with Gasteiger partial charge in [-0.1, -0.05) is 37.5 Å². The highest BCUT2D eigenvalue weighted by Gasteiger charge is 2.53. The minimum Gasteiger partial charge on any atom is -0.240 e. The Kier molecular flexibility index (Phi) is 7.76. The normalized spacial score (nSPS) is 24.2. The highest BCUT2D eigenvalue weighted by atomic mass is 31.1. The Hall–Kier alpha value is -0.580. The third-order valence-electron chi connectivity index (χ3n) is 4.05. The van der Waals surface area contributed by atoms with Gasteiger partial charge in [-0.05, 0) is 25.6 Å². The molecule has 0 saturated heterocycles. The highest BCUT2D eigenvalue weighted by Crippen LogP contribution is 2.64. The van der Waals surface area contributed by atoms with E-state index in [4.69, 9.17) is 0 Å². The minimum atomic E-state index is -4.23. The van der Waals surface area contributed by atoms with Gasteiger partial charge in [-0.3, -0.25) is 0 Å². The van der Waals surface area contributed by atoms with Gasteiger partial charge >= 0.3 is 6.18 Å². The fraction of sp³-hybridized carbons (Fsp3) is 0.750. The van der Waals surface area contributed by atoms with Crippen LogP contribution in [0.15, 0.2) is 24.3 Å². The van der Waals surface area contributed by atoms with Crippen molar-refractivity contribution in [2.45, 2.75) is 68.4 Å². The molecular formula is C16H22F7P. The largest absolute Gasteiger partial charge is 0.389 e. The number of rotatable bonds is 9. The first kappa shape index (κ1) is 21.5. The molecule has 0 radical (unpaired) electrons. The van der Waals surface area contributed by atoms with E-state index in [1.54, 1.807) is 6.08 Å². The van der Waals surface area contributed by atoms with Crippen LogP contribution < -0.4 is 0 Å². The van der Waals surface area contributed by atoms with E-state index >= 15 is 0 Å². The zero-order valence-corrected chi connectivity index (χ0v) is 14.3. The Bertz CT molecular complexity index is 444. The first-order chi connectivity index (χ1) is 11.0. The number of halogens is 7. The molecule has 1 aliphatic rings. The second kappa shape index (κ2) is 8.68. The number of hydrogen-bond acceptors (Lipinski definition) is 0. The predicted octanol–water partition coefficient (Wildman–Crippen LogP) is 7.11. The van der Waals surface area contributed by atoms with Crippen molar-refractivity contribution in [3.8, 4) is 0 Å².